The molecule has 0 spiro atoms. The van der Waals surface area contributed by atoms with Crippen LogP contribution in [0.25, 0.3) is 0 Å². The van der Waals surface area contributed by atoms with Gasteiger partial charge in [-0.1, -0.05) is 43.4 Å². The summed E-state index contributed by atoms with van der Waals surface area (Å²) < 4.78 is 5.31. The maximum absolute atomic E-state index is 11.9. The Morgan fingerprint density at radius 3 is 3.00 bits per heavy atom. The normalized spacial score (nSPS) is 17.4. The van der Waals surface area contributed by atoms with Gasteiger partial charge in [-0.25, -0.2) is 4.79 Å². The lowest BCUT2D eigenvalue weighted by atomic mass is 9.96. The molecule has 1 aromatic rings. The molecule has 1 aliphatic heterocycles. The van der Waals surface area contributed by atoms with Crippen LogP contribution in [-0.2, 0) is 16.0 Å². The minimum Gasteiger partial charge on any atom is -0.507 e. The average molecular weight is 327 g/mol. The van der Waals surface area contributed by atoms with Crippen LogP contribution in [0.3, 0.4) is 0 Å². The molecule has 0 aromatic heterocycles. The molecule has 0 fully saturated rings. The molecule has 1 aliphatic rings. The lowest BCUT2D eigenvalue weighted by Gasteiger charge is -2.24. The Hall–Kier alpha value is -2.82. The molecule has 5 heteroatoms. The average Bonchev–Trinajstić information content (AvgIpc) is 2.55. The highest BCUT2D eigenvalue weighted by Gasteiger charge is 2.27. The fourth-order valence-electron chi connectivity index (χ4n) is 2.39. The van der Waals surface area contributed by atoms with Crippen LogP contribution < -0.4 is 5.32 Å². The molecule has 1 heterocycles. The monoisotopic (exact) mass is 327 g/mol. The summed E-state index contributed by atoms with van der Waals surface area (Å²) in [6, 6.07) is 4.99. The van der Waals surface area contributed by atoms with E-state index in [4.69, 9.17) is 4.74 Å². The predicted octanol–water partition coefficient (Wildman–Crippen LogP) is 3.02. The zero-order chi connectivity index (χ0) is 17.4. The smallest absolute Gasteiger partial charge is 0.342 e. The quantitative estimate of drug-likeness (QED) is 0.478. The van der Waals surface area contributed by atoms with Crippen LogP contribution in [0.2, 0.25) is 0 Å². The number of nitrogens with one attached hydrogen (secondary N) is 1. The van der Waals surface area contributed by atoms with Gasteiger partial charge in [0.05, 0.1) is 0 Å². The van der Waals surface area contributed by atoms with E-state index in [0.717, 1.165) is 12.0 Å². The second-order valence-corrected chi connectivity index (χ2v) is 5.38. The van der Waals surface area contributed by atoms with Crippen molar-refractivity contribution in [2.45, 2.75) is 32.3 Å². The number of benzene rings is 1. The van der Waals surface area contributed by atoms with Crippen LogP contribution >= 0.6 is 0 Å². The number of rotatable bonds is 6. The number of cyclic esters (lactones) is 1. The number of hydrogen-bond acceptors (Lipinski definition) is 4. The third kappa shape index (κ3) is 4.84. The molecule has 126 valence electrons. The molecule has 1 amide bonds. The van der Waals surface area contributed by atoms with E-state index in [2.05, 4.69) is 5.32 Å². The molecule has 0 radical (unpaired) electrons. The molecule has 1 aromatic carbocycles. The van der Waals surface area contributed by atoms with Crippen molar-refractivity contribution in [3.63, 3.8) is 0 Å². The summed E-state index contributed by atoms with van der Waals surface area (Å²) >= 11 is 0. The van der Waals surface area contributed by atoms with Crippen molar-refractivity contribution in [1.82, 2.24) is 5.32 Å². The third-order valence-corrected chi connectivity index (χ3v) is 3.53. The number of carbonyl (C=O) groups excluding carboxylic acids is 2. The first-order valence-electron chi connectivity index (χ1n) is 7.92. The summed E-state index contributed by atoms with van der Waals surface area (Å²) in [4.78, 5) is 23.5. The largest absolute Gasteiger partial charge is 0.507 e. The predicted molar refractivity (Wildman–Crippen MR) is 91.5 cm³/mol. The van der Waals surface area contributed by atoms with Gasteiger partial charge < -0.3 is 15.2 Å². The molecular weight excluding hydrogens is 306 g/mol. The van der Waals surface area contributed by atoms with Crippen LogP contribution in [0.1, 0.15) is 35.7 Å². The van der Waals surface area contributed by atoms with Crippen LogP contribution in [0.5, 0.6) is 5.75 Å². The third-order valence-electron chi connectivity index (χ3n) is 3.53. The van der Waals surface area contributed by atoms with E-state index in [0.29, 0.717) is 12.8 Å². The number of phenolic OH excluding ortho intramolecular Hbond substituents is 1. The molecule has 0 bridgehead atoms. The maximum atomic E-state index is 11.9. The summed E-state index contributed by atoms with van der Waals surface area (Å²) in [5.41, 5.74) is 1.02. The molecule has 24 heavy (non-hydrogen) atoms. The standard InChI is InChI=1S/C19H21NO4/c1-2-3-4-5-11-17(22)20-12-7-9-15-13-14-8-6-10-16(21)18(14)19(23)24-15/h3-8,10-12,15,21H,2,9,13H2,1H3,(H,20,22)/b4-3-,11-5-,12-7+. The molecule has 1 atom stereocenters. The molecule has 2 N–H and O–H groups in total. The van der Waals surface area contributed by atoms with Gasteiger partial charge in [-0.2, -0.15) is 0 Å². The number of esters is 1. The highest BCUT2D eigenvalue weighted by atomic mass is 16.5. The van der Waals surface area contributed by atoms with E-state index < -0.39 is 5.97 Å². The summed E-state index contributed by atoms with van der Waals surface area (Å²) in [6.45, 7) is 2.02. The Balaban J connectivity index is 1.83. The second kappa shape index (κ2) is 8.72. The molecule has 0 saturated heterocycles. The van der Waals surface area contributed by atoms with Gasteiger partial charge in [0.2, 0.25) is 5.91 Å². The van der Waals surface area contributed by atoms with E-state index in [1.165, 1.54) is 12.1 Å². The van der Waals surface area contributed by atoms with Crippen molar-refractivity contribution in [1.29, 1.82) is 0 Å². The number of phenols is 1. The Kier molecular flexibility index (Phi) is 6.37. The summed E-state index contributed by atoms with van der Waals surface area (Å²) in [7, 11) is 0. The first-order chi connectivity index (χ1) is 11.6. The topological polar surface area (TPSA) is 75.6 Å². The number of aromatic hydroxyl groups is 1. The molecule has 0 saturated carbocycles. The van der Waals surface area contributed by atoms with E-state index in [1.807, 2.05) is 25.1 Å². The van der Waals surface area contributed by atoms with Gasteiger partial charge in [-0.15, -0.1) is 0 Å². The second-order valence-electron chi connectivity index (χ2n) is 5.38. The van der Waals surface area contributed by atoms with Crippen LogP contribution in [0.4, 0.5) is 0 Å². The van der Waals surface area contributed by atoms with Gasteiger partial charge in [0, 0.05) is 25.1 Å². The van der Waals surface area contributed by atoms with Gasteiger partial charge in [-0.05, 0) is 18.1 Å². The number of fused-ring (bicyclic) bond motifs is 1. The first-order valence-corrected chi connectivity index (χ1v) is 7.92. The van der Waals surface area contributed by atoms with Gasteiger partial charge in [-0.3, -0.25) is 4.79 Å². The molecule has 2 rings (SSSR count). The number of allylic oxidation sites excluding steroid dienone is 3. The van der Waals surface area contributed by atoms with Crippen LogP contribution in [0, 0.1) is 0 Å². The fraction of sp³-hybridized carbons (Fsp3) is 0.263. The SMILES string of the molecule is CC/C=C\C=C/C(=O)N/C=C/CC1Cc2cccc(O)c2C(=O)O1. The Labute approximate surface area is 141 Å². The van der Waals surface area contributed by atoms with E-state index in [-0.39, 0.29) is 23.3 Å². The zero-order valence-corrected chi connectivity index (χ0v) is 13.6. The Morgan fingerprint density at radius 1 is 1.38 bits per heavy atom. The van der Waals surface area contributed by atoms with E-state index >= 15 is 0 Å². The van der Waals surface area contributed by atoms with Gasteiger partial charge >= 0.3 is 5.97 Å². The number of ether oxygens (including phenoxy) is 1. The van der Waals surface area contributed by atoms with Crippen molar-refractivity contribution in [2.24, 2.45) is 0 Å². The van der Waals surface area contributed by atoms with Crippen molar-refractivity contribution in [3.05, 3.63) is 65.9 Å². The fourth-order valence-corrected chi connectivity index (χ4v) is 2.39. The number of hydrogen-bond donors (Lipinski definition) is 2. The minimum absolute atomic E-state index is 0.0531. The maximum Gasteiger partial charge on any atom is 0.342 e. The van der Waals surface area contributed by atoms with Crippen molar-refractivity contribution in [3.8, 4) is 5.75 Å². The molecule has 1 unspecified atom stereocenters. The van der Waals surface area contributed by atoms with E-state index in [9.17, 15) is 14.7 Å². The highest BCUT2D eigenvalue weighted by molar-refractivity contribution is 5.95. The Morgan fingerprint density at radius 2 is 2.21 bits per heavy atom. The van der Waals surface area contributed by atoms with Crippen LogP contribution in [0.15, 0.2) is 54.8 Å². The molecular formula is C19H21NO4. The lowest BCUT2D eigenvalue weighted by Crippen LogP contribution is -2.27. The number of carbonyl (C=O) groups is 2. The first kappa shape index (κ1) is 17.5. The number of amides is 1. The summed E-state index contributed by atoms with van der Waals surface area (Å²) in [5, 5.41) is 12.3. The Bertz CT molecular complexity index is 689. The van der Waals surface area contributed by atoms with Gasteiger partial charge in [0.15, 0.2) is 0 Å². The zero-order valence-electron chi connectivity index (χ0n) is 13.6. The van der Waals surface area contributed by atoms with Crippen molar-refractivity contribution < 1.29 is 19.4 Å². The van der Waals surface area contributed by atoms with Crippen molar-refractivity contribution in [2.75, 3.05) is 0 Å². The van der Waals surface area contributed by atoms with Gasteiger partial charge in [0.1, 0.15) is 17.4 Å². The minimum atomic E-state index is -0.512. The molecule has 0 aliphatic carbocycles. The summed E-state index contributed by atoms with van der Waals surface area (Å²) in [5.74, 6) is -0.784. The lowest BCUT2D eigenvalue weighted by molar-refractivity contribution is -0.115. The van der Waals surface area contributed by atoms with E-state index in [1.54, 1.807) is 24.4 Å². The molecule has 5 nitrogen and oxygen atoms in total. The van der Waals surface area contributed by atoms with Crippen molar-refractivity contribution >= 4 is 11.9 Å². The summed E-state index contributed by atoms with van der Waals surface area (Å²) in [6.07, 6.45) is 11.8. The highest BCUT2D eigenvalue weighted by Crippen LogP contribution is 2.28. The van der Waals surface area contributed by atoms with Crippen LogP contribution in [-0.4, -0.2) is 23.1 Å². The van der Waals surface area contributed by atoms with Gasteiger partial charge in [0.25, 0.3) is 0 Å².